The summed E-state index contributed by atoms with van der Waals surface area (Å²) in [5, 5.41) is 2.89. The molecule has 0 heterocycles. The monoisotopic (exact) mass is 219 g/mol. The molecule has 1 aromatic carbocycles. The van der Waals surface area contributed by atoms with Crippen molar-refractivity contribution in [2.45, 2.75) is 51.9 Å². The highest BCUT2D eigenvalue weighted by molar-refractivity contribution is 5.38. The molecule has 1 aromatic rings. The first kappa shape index (κ1) is 12.9. The number of hydrogen-bond acceptors (Lipinski definition) is 2. The Morgan fingerprint density at radius 3 is 2.19 bits per heavy atom. The first-order valence-corrected chi connectivity index (χ1v) is 6.29. The van der Waals surface area contributed by atoms with E-state index < -0.39 is 0 Å². The molecule has 88 valence electrons. The van der Waals surface area contributed by atoms with Crippen molar-refractivity contribution in [3.63, 3.8) is 0 Å². The van der Waals surface area contributed by atoms with Crippen LogP contribution in [0.4, 0.5) is 5.69 Å². The van der Waals surface area contributed by atoms with Crippen molar-refractivity contribution >= 4 is 5.69 Å². The summed E-state index contributed by atoms with van der Waals surface area (Å²) in [4.78, 5) is 10.2. The SMILES string of the molecule is CCCCCCCCc1ccc(N=O)cc1. The molecule has 0 aliphatic rings. The van der Waals surface area contributed by atoms with Crippen molar-refractivity contribution in [2.24, 2.45) is 5.18 Å². The second-order valence-corrected chi connectivity index (χ2v) is 4.28. The first-order valence-electron chi connectivity index (χ1n) is 6.29. The van der Waals surface area contributed by atoms with Gasteiger partial charge >= 0.3 is 0 Å². The van der Waals surface area contributed by atoms with Gasteiger partial charge < -0.3 is 0 Å². The lowest BCUT2D eigenvalue weighted by molar-refractivity contribution is 0.607. The summed E-state index contributed by atoms with van der Waals surface area (Å²) in [5.41, 5.74) is 1.83. The Morgan fingerprint density at radius 1 is 0.938 bits per heavy atom. The molecule has 0 amide bonds. The summed E-state index contributed by atoms with van der Waals surface area (Å²) in [7, 11) is 0. The van der Waals surface area contributed by atoms with Crippen LogP contribution < -0.4 is 0 Å². The van der Waals surface area contributed by atoms with Gasteiger partial charge in [0.25, 0.3) is 0 Å². The summed E-state index contributed by atoms with van der Waals surface area (Å²) >= 11 is 0. The molecule has 0 atom stereocenters. The van der Waals surface area contributed by atoms with Crippen molar-refractivity contribution in [2.75, 3.05) is 0 Å². The van der Waals surface area contributed by atoms with Crippen LogP contribution in [0.25, 0.3) is 0 Å². The van der Waals surface area contributed by atoms with E-state index in [-0.39, 0.29) is 0 Å². The highest BCUT2D eigenvalue weighted by Crippen LogP contribution is 2.14. The quantitative estimate of drug-likeness (QED) is 0.447. The number of nitroso groups, excluding NO2 is 1. The van der Waals surface area contributed by atoms with Crippen LogP contribution in [0, 0.1) is 4.91 Å². The molecule has 0 bridgehead atoms. The topological polar surface area (TPSA) is 29.4 Å². The molecule has 0 aliphatic heterocycles. The number of aryl methyl sites for hydroxylation is 1. The van der Waals surface area contributed by atoms with E-state index in [1.165, 1.54) is 44.1 Å². The van der Waals surface area contributed by atoms with Gasteiger partial charge in [0.15, 0.2) is 0 Å². The van der Waals surface area contributed by atoms with E-state index in [1.807, 2.05) is 12.1 Å². The minimum Gasteiger partial charge on any atom is -0.145 e. The van der Waals surface area contributed by atoms with E-state index in [9.17, 15) is 4.91 Å². The largest absolute Gasteiger partial charge is 0.145 e. The van der Waals surface area contributed by atoms with Gasteiger partial charge in [-0.15, -0.1) is 4.91 Å². The lowest BCUT2D eigenvalue weighted by Gasteiger charge is -2.01. The molecule has 0 spiro atoms. The van der Waals surface area contributed by atoms with Crippen molar-refractivity contribution < 1.29 is 0 Å². The second kappa shape index (κ2) is 8.03. The van der Waals surface area contributed by atoms with E-state index in [1.54, 1.807) is 12.1 Å². The van der Waals surface area contributed by atoms with Crippen LogP contribution in [0.2, 0.25) is 0 Å². The van der Waals surface area contributed by atoms with Gasteiger partial charge in [-0.3, -0.25) is 0 Å². The molecule has 16 heavy (non-hydrogen) atoms. The molecule has 2 nitrogen and oxygen atoms in total. The van der Waals surface area contributed by atoms with Gasteiger partial charge in [-0.1, -0.05) is 51.2 Å². The minimum absolute atomic E-state index is 0.520. The van der Waals surface area contributed by atoms with E-state index in [0.717, 1.165) is 6.42 Å². The molecule has 0 unspecified atom stereocenters. The fourth-order valence-electron chi connectivity index (χ4n) is 1.83. The third kappa shape index (κ3) is 5.06. The number of benzene rings is 1. The maximum Gasteiger partial charge on any atom is 0.108 e. The van der Waals surface area contributed by atoms with Crippen molar-refractivity contribution in [3.05, 3.63) is 34.7 Å². The van der Waals surface area contributed by atoms with Gasteiger partial charge in [0.2, 0.25) is 0 Å². The fourth-order valence-corrected chi connectivity index (χ4v) is 1.83. The van der Waals surface area contributed by atoms with E-state index >= 15 is 0 Å². The van der Waals surface area contributed by atoms with Crippen LogP contribution in [0.5, 0.6) is 0 Å². The fraction of sp³-hybridized carbons (Fsp3) is 0.571. The summed E-state index contributed by atoms with van der Waals surface area (Å²) < 4.78 is 0. The van der Waals surface area contributed by atoms with Crippen LogP contribution in [0.1, 0.15) is 51.0 Å². The Bertz CT molecular complexity index is 292. The van der Waals surface area contributed by atoms with Crippen LogP contribution in [0.15, 0.2) is 29.4 Å². The summed E-state index contributed by atoms with van der Waals surface area (Å²) in [5.74, 6) is 0. The van der Waals surface area contributed by atoms with E-state index in [2.05, 4.69) is 12.1 Å². The van der Waals surface area contributed by atoms with E-state index in [4.69, 9.17) is 0 Å². The van der Waals surface area contributed by atoms with Gasteiger partial charge in [-0.2, -0.15) is 0 Å². The Balaban J connectivity index is 2.14. The van der Waals surface area contributed by atoms with Gasteiger partial charge in [0.05, 0.1) is 0 Å². The normalized spacial score (nSPS) is 10.3. The molecule has 0 aliphatic carbocycles. The maximum absolute atomic E-state index is 10.2. The third-order valence-electron chi connectivity index (χ3n) is 2.86. The lowest BCUT2D eigenvalue weighted by atomic mass is 10.0. The Hall–Kier alpha value is -1.18. The predicted octanol–water partition coefficient (Wildman–Crippen LogP) is 4.99. The van der Waals surface area contributed by atoms with Crippen molar-refractivity contribution in [3.8, 4) is 0 Å². The highest BCUT2D eigenvalue weighted by atomic mass is 16.3. The average molecular weight is 219 g/mol. The molecule has 1 rings (SSSR count). The number of unbranched alkanes of at least 4 members (excludes halogenated alkanes) is 5. The Labute approximate surface area is 98.0 Å². The zero-order chi connectivity index (χ0) is 11.6. The average Bonchev–Trinajstić information content (AvgIpc) is 2.34. The van der Waals surface area contributed by atoms with Crippen molar-refractivity contribution in [1.82, 2.24) is 0 Å². The van der Waals surface area contributed by atoms with Gasteiger partial charge in [0, 0.05) is 0 Å². The zero-order valence-corrected chi connectivity index (χ0v) is 10.1. The summed E-state index contributed by atoms with van der Waals surface area (Å²) in [6.07, 6.45) is 9.06. The van der Waals surface area contributed by atoms with Crippen LogP contribution in [-0.2, 0) is 6.42 Å². The molecular weight excluding hydrogens is 198 g/mol. The second-order valence-electron chi connectivity index (χ2n) is 4.28. The third-order valence-corrected chi connectivity index (χ3v) is 2.86. The van der Waals surface area contributed by atoms with E-state index in [0.29, 0.717) is 5.69 Å². The molecule has 0 saturated heterocycles. The molecule has 0 radical (unpaired) electrons. The molecule has 0 saturated carbocycles. The number of rotatable bonds is 8. The standard InChI is InChI=1S/C14H21NO/c1-2-3-4-5-6-7-8-13-9-11-14(15-16)12-10-13/h9-12H,2-8H2,1H3. The Morgan fingerprint density at radius 2 is 1.56 bits per heavy atom. The van der Waals surface area contributed by atoms with Crippen LogP contribution in [0.3, 0.4) is 0 Å². The first-order chi connectivity index (χ1) is 7.86. The number of hydrogen-bond donors (Lipinski definition) is 0. The molecule has 2 heteroatoms. The Kier molecular flexibility index (Phi) is 6.47. The molecule has 0 N–H and O–H groups in total. The highest BCUT2D eigenvalue weighted by Gasteiger charge is 1.95. The van der Waals surface area contributed by atoms with Crippen LogP contribution >= 0.6 is 0 Å². The maximum atomic E-state index is 10.2. The predicted molar refractivity (Wildman–Crippen MR) is 69.0 cm³/mol. The summed E-state index contributed by atoms with van der Waals surface area (Å²) in [6.45, 7) is 2.24. The molecular formula is C14H21NO. The number of nitrogens with zero attached hydrogens (tertiary/aromatic N) is 1. The molecule has 0 aromatic heterocycles. The minimum atomic E-state index is 0.520. The molecule has 0 fully saturated rings. The lowest BCUT2D eigenvalue weighted by Crippen LogP contribution is -1.85. The van der Waals surface area contributed by atoms with Gasteiger partial charge in [-0.05, 0) is 35.7 Å². The zero-order valence-electron chi connectivity index (χ0n) is 10.1. The smallest absolute Gasteiger partial charge is 0.108 e. The van der Waals surface area contributed by atoms with Crippen molar-refractivity contribution in [1.29, 1.82) is 0 Å². The van der Waals surface area contributed by atoms with Crippen LogP contribution in [-0.4, -0.2) is 0 Å². The summed E-state index contributed by atoms with van der Waals surface area (Å²) in [6, 6.07) is 7.59. The van der Waals surface area contributed by atoms with Gasteiger partial charge in [-0.25, -0.2) is 0 Å². The van der Waals surface area contributed by atoms with Gasteiger partial charge in [0.1, 0.15) is 5.69 Å².